The Bertz CT molecular complexity index is 421. The Labute approximate surface area is 94.7 Å². The molecule has 1 aromatic rings. The lowest BCUT2D eigenvalue weighted by atomic mass is 10.1. The second-order valence-corrected chi connectivity index (χ2v) is 4.63. The Morgan fingerprint density at radius 2 is 1.71 bits per heavy atom. The van der Waals surface area contributed by atoms with Crippen molar-refractivity contribution in [3.8, 4) is 0 Å². The summed E-state index contributed by atoms with van der Waals surface area (Å²) in [7, 11) is 4.05. The van der Waals surface area contributed by atoms with Gasteiger partial charge in [-0.2, -0.15) is 0 Å². The van der Waals surface area contributed by atoms with Crippen molar-refractivity contribution in [2.45, 2.75) is 6.42 Å². The van der Waals surface area contributed by atoms with E-state index in [0.717, 1.165) is 27.3 Å². The number of fused-ring (bicyclic) bond motifs is 1. The van der Waals surface area contributed by atoms with Gasteiger partial charge in [0.2, 0.25) is 0 Å². The number of thiocarbonyl (C=S) groups is 2. The molecule has 0 amide bonds. The van der Waals surface area contributed by atoms with E-state index in [4.69, 9.17) is 24.4 Å². The molecule has 0 bridgehead atoms. The molecular weight excluding hydrogens is 210 g/mol. The zero-order valence-corrected chi connectivity index (χ0v) is 9.84. The molecule has 1 aliphatic carbocycles. The standard InChI is InChI=1S/C11H11NS2/c1-12(2)7-3-4-8-9(5-7)11(14)6-10(8)13/h3-5H,6H2,1-2H3. The lowest BCUT2D eigenvalue weighted by Gasteiger charge is -2.13. The minimum Gasteiger partial charge on any atom is -0.378 e. The van der Waals surface area contributed by atoms with Crippen LogP contribution in [0.5, 0.6) is 0 Å². The third kappa shape index (κ3) is 1.47. The van der Waals surface area contributed by atoms with Crippen molar-refractivity contribution in [2.75, 3.05) is 19.0 Å². The highest BCUT2D eigenvalue weighted by molar-refractivity contribution is 7.83. The molecule has 0 radical (unpaired) electrons. The minimum atomic E-state index is 0.775. The molecule has 0 atom stereocenters. The molecule has 2 rings (SSSR count). The molecule has 14 heavy (non-hydrogen) atoms. The highest BCUT2D eigenvalue weighted by atomic mass is 32.1. The van der Waals surface area contributed by atoms with Crippen LogP contribution < -0.4 is 4.90 Å². The molecule has 0 aliphatic heterocycles. The number of benzene rings is 1. The van der Waals surface area contributed by atoms with Gasteiger partial charge in [-0.25, -0.2) is 0 Å². The lowest BCUT2D eigenvalue weighted by molar-refractivity contribution is 1.13. The van der Waals surface area contributed by atoms with E-state index in [9.17, 15) is 0 Å². The summed E-state index contributed by atoms with van der Waals surface area (Å²) in [5, 5.41) is 0. The quantitative estimate of drug-likeness (QED) is 0.671. The predicted octanol–water partition coefficient (Wildman–Crippen LogP) is 2.59. The number of nitrogens with zero attached hydrogens (tertiary/aromatic N) is 1. The zero-order valence-electron chi connectivity index (χ0n) is 8.20. The zero-order chi connectivity index (χ0) is 10.3. The van der Waals surface area contributed by atoms with Crippen LogP contribution >= 0.6 is 24.4 Å². The number of hydrogen-bond acceptors (Lipinski definition) is 3. The third-order valence-electron chi connectivity index (χ3n) is 2.44. The van der Waals surface area contributed by atoms with Crippen molar-refractivity contribution >= 4 is 39.9 Å². The van der Waals surface area contributed by atoms with Gasteiger partial charge in [0.1, 0.15) is 0 Å². The fourth-order valence-electron chi connectivity index (χ4n) is 1.62. The highest BCUT2D eigenvalue weighted by Crippen LogP contribution is 2.27. The van der Waals surface area contributed by atoms with Gasteiger partial charge in [0.15, 0.2) is 0 Å². The fourth-order valence-corrected chi connectivity index (χ4v) is 2.35. The van der Waals surface area contributed by atoms with Gasteiger partial charge in [0, 0.05) is 35.9 Å². The molecule has 0 heterocycles. The Morgan fingerprint density at radius 3 is 2.36 bits per heavy atom. The average molecular weight is 221 g/mol. The molecule has 0 saturated heterocycles. The summed E-state index contributed by atoms with van der Waals surface area (Å²) in [5.41, 5.74) is 3.47. The van der Waals surface area contributed by atoms with Gasteiger partial charge in [-0.05, 0) is 23.3 Å². The molecule has 0 fully saturated rings. The van der Waals surface area contributed by atoms with Crippen molar-refractivity contribution in [3.05, 3.63) is 29.3 Å². The topological polar surface area (TPSA) is 3.24 Å². The Hall–Kier alpha value is -0.800. The molecule has 1 nitrogen and oxygen atoms in total. The first-order valence-corrected chi connectivity index (χ1v) is 5.29. The molecule has 72 valence electrons. The van der Waals surface area contributed by atoms with E-state index in [1.807, 2.05) is 14.1 Å². The van der Waals surface area contributed by atoms with Crippen LogP contribution in [0.25, 0.3) is 0 Å². The molecule has 0 saturated carbocycles. The summed E-state index contributed by atoms with van der Waals surface area (Å²) >= 11 is 10.5. The average Bonchev–Trinajstić information content (AvgIpc) is 2.42. The van der Waals surface area contributed by atoms with Crippen LogP contribution in [0, 0.1) is 0 Å². The Kier molecular flexibility index (Phi) is 2.37. The molecule has 0 unspecified atom stereocenters. The van der Waals surface area contributed by atoms with Crippen molar-refractivity contribution in [3.63, 3.8) is 0 Å². The summed E-state index contributed by atoms with van der Waals surface area (Å²) in [4.78, 5) is 4.04. The maximum absolute atomic E-state index is 5.29. The molecule has 0 N–H and O–H groups in total. The SMILES string of the molecule is CN(C)c1ccc2c(c1)C(=S)CC2=S. The van der Waals surface area contributed by atoms with Crippen molar-refractivity contribution < 1.29 is 0 Å². The van der Waals surface area contributed by atoms with Gasteiger partial charge >= 0.3 is 0 Å². The van der Waals surface area contributed by atoms with Crippen LogP contribution in [-0.2, 0) is 0 Å². The van der Waals surface area contributed by atoms with E-state index < -0.39 is 0 Å². The van der Waals surface area contributed by atoms with Crippen molar-refractivity contribution in [1.29, 1.82) is 0 Å². The van der Waals surface area contributed by atoms with Gasteiger partial charge < -0.3 is 4.90 Å². The number of rotatable bonds is 1. The Morgan fingerprint density at radius 1 is 1.07 bits per heavy atom. The third-order valence-corrected chi connectivity index (χ3v) is 3.17. The van der Waals surface area contributed by atoms with Gasteiger partial charge in [-0.1, -0.05) is 30.5 Å². The summed E-state index contributed by atoms with van der Waals surface area (Å²) in [6.07, 6.45) is 0.775. The molecule has 0 spiro atoms. The van der Waals surface area contributed by atoms with E-state index in [1.54, 1.807) is 0 Å². The van der Waals surface area contributed by atoms with Crippen LogP contribution in [0.2, 0.25) is 0 Å². The van der Waals surface area contributed by atoms with Crippen LogP contribution in [-0.4, -0.2) is 23.8 Å². The Balaban J connectivity index is 2.55. The first kappa shape index (κ1) is 9.74. The summed E-state index contributed by atoms with van der Waals surface area (Å²) in [6, 6.07) is 6.28. The molecule has 1 aromatic carbocycles. The van der Waals surface area contributed by atoms with E-state index in [-0.39, 0.29) is 0 Å². The molecule has 3 heteroatoms. The summed E-state index contributed by atoms with van der Waals surface area (Å²) < 4.78 is 0. The molecule has 1 aliphatic rings. The first-order chi connectivity index (χ1) is 6.59. The van der Waals surface area contributed by atoms with Gasteiger partial charge in [-0.15, -0.1) is 0 Å². The van der Waals surface area contributed by atoms with Crippen LogP contribution in [0.3, 0.4) is 0 Å². The molecular formula is C11H11NS2. The fraction of sp³-hybridized carbons (Fsp3) is 0.273. The normalized spacial score (nSPS) is 14.4. The largest absolute Gasteiger partial charge is 0.378 e. The van der Waals surface area contributed by atoms with Gasteiger partial charge in [0.25, 0.3) is 0 Å². The van der Waals surface area contributed by atoms with E-state index in [1.165, 1.54) is 5.69 Å². The monoisotopic (exact) mass is 221 g/mol. The van der Waals surface area contributed by atoms with Crippen LogP contribution in [0.1, 0.15) is 17.5 Å². The lowest BCUT2D eigenvalue weighted by Crippen LogP contribution is -2.09. The van der Waals surface area contributed by atoms with Crippen LogP contribution in [0.15, 0.2) is 18.2 Å². The van der Waals surface area contributed by atoms with Crippen molar-refractivity contribution in [1.82, 2.24) is 0 Å². The second kappa shape index (κ2) is 3.41. The van der Waals surface area contributed by atoms with E-state index in [2.05, 4.69) is 23.1 Å². The first-order valence-electron chi connectivity index (χ1n) is 4.47. The predicted molar refractivity (Wildman–Crippen MR) is 68.8 cm³/mol. The minimum absolute atomic E-state index is 0.775. The maximum Gasteiger partial charge on any atom is 0.0367 e. The maximum atomic E-state index is 5.29. The molecule has 0 aromatic heterocycles. The van der Waals surface area contributed by atoms with Gasteiger partial charge in [-0.3, -0.25) is 0 Å². The summed E-state index contributed by atoms with van der Waals surface area (Å²) in [5.74, 6) is 0. The number of hydrogen-bond donors (Lipinski definition) is 0. The van der Waals surface area contributed by atoms with E-state index >= 15 is 0 Å². The van der Waals surface area contributed by atoms with Gasteiger partial charge in [0.05, 0.1) is 0 Å². The highest BCUT2D eigenvalue weighted by Gasteiger charge is 2.21. The van der Waals surface area contributed by atoms with Crippen molar-refractivity contribution in [2.24, 2.45) is 0 Å². The van der Waals surface area contributed by atoms with E-state index in [0.29, 0.717) is 0 Å². The van der Waals surface area contributed by atoms with Crippen LogP contribution in [0.4, 0.5) is 5.69 Å². The smallest absolute Gasteiger partial charge is 0.0367 e. The second-order valence-electron chi connectivity index (χ2n) is 3.65. The number of anilines is 1. The summed E-state index contributed by atoms with van der Waals surface area (Å²) in [6.45, 7) is 0.